The lowest BCUT2D eigenvalue weighted by Crippen LogP contribution is -2.26. The van der Waals surface area contributed by atoms with Crippen LogP contribution in [0, 0.1) is 11.8 Å². The van der Waals surface area contributed by atoms with Gasteiger partial charge in [-0.1, -0.05) is 30.3 Å². The molecule has 1 fully saturated rings. The topological polar surface area (TPSA) is 49.3 Å². The molecule has 0 saturated heterocycles. The zero-order valence-corrected chi connectivity index (χ0v) is 11.3. The highest BCUT2D eigenvalue weighted by atomic mass is 16.4. The monoisotopic (exact) mass is 261 g/mol. The largest absolute Gasteiger partial charge is 0.481 e. The Balaban J connectivity index is 1.62. The molecule has 2 rings (SSSR count). The molecule has 0 bridgehead atoms. The summed E-state index contributed by atoms with van der Waals surface area (Å²) >= 11 is 0. The minimum atomic E-state index is -0.648. The van der Waals surface area contributed by atoms with Crippen molar-refractivity contribution in [2.24, 2.45) is 11.8 Å². The summed E-state index contributed by atoms with van der Waals surface area (Å²) in [6.45, 7) is 1.98. The van der Waals surface area contributed by atoms with Crippen LogP contribution in [0.25, 0.3) is 0 Å². The molecule has 0 unspecified atom stereocenters. The number of nitrogens with one attached hydrogen (secondary N) is 1. The van der Waals surface area contributed by atoms with E-state index in [1.54, 1.807) is 0 Å². The van der Waals surface area contributed by atoms with Gasteiger partial charge >= 0.3 is 5.97 Å². The Morgan fingerprint density at radius 1 is 1.11 bits per heavy atom. The molecule has 19 heavy (non-hydrogen) atoms. The van der Waals surface area contributed by atoms with E-state index >= 15 is 0 Å². The van der Waals surface area contributed by atoms with Gasteiger partial charge in [-0.3, -0.25) is 4.79 Å². The van der Waals surface area contributed by atoms with Gasteiger partial charge in [-0.2, -0.15) is 0 Å². The summed E-state index contributed by atoms with van der Waals surface area (Å²) in [6, 6.07) is 10.4. The summed E-state index contributed by atoms with van der Waals surface area (Å²) in [5, 5.41) is 12.3. The van der Waals surface area contributed by atoms with Crippen molar-refractivity contribution in [2.45, 2.75) is 38.6 Å². The van der Waals surface area contributed by atoms with Gasteiger partial charge < -0.3 is 10.4 Å². The molecule has 3 nitrogen and oxygen atoms in total. The maximum Gasteiger partial charge on any atom is 0.303 e. The third-order valence-corrected chi connectivity index (χ3v) is 4.03. The lowest BCUT2D eigenvalue weighted by Gasteiger charge is -2.27. The summed E-state index contributed by atoms with van der Waals surface area (Å²) in [5.41, 5.74) is 1.32. The van der Waals surface area contributed by atoms with Crippen molar-refractivity contribution >= 4 is 5.97 Å². The highest BCUT2D eigenvalue weighted by molar-refractivity contribution is 5.67. The summed E-state index contributed by atoms with van der Waals surface area (Å²) < 4.78 is 0. The van der Waals surface area contributed by atoms with E-state index in [9.17, 15) is 4.79 Å². The van der Waals surface area contributed by atoms with Gasteiger partial charge in [-0.25, -0.2) is 0 Å². The van der Waals surface area contributed by atoms with E-state index in [1.165, 1.54) is 18.4 Å². The second-order valence-electron chi connectivity index (χ2n) is 5.60. The van der Waals surface area contributed by atoms with Gasteiger partial charge in [0, 0.05) is 13.0 Å². The first kappa shape index (κ1) is 14.1. The van der Waals surface area contributed by atoms with Gasteiger partial charge in [0.25, 0.3) is 0 Å². The molecular formula is C16H23NO2. The molecule has 0 radical (unpaired) electrons. The molecular weight excluding hydrogens is 238 g/mol. The lowest BCUT2D eigenvalue weighted by molar-refractivity contribution is -0.138. The Bertz CT molecular complexity index is 383. The van der Waals surface area contributed by atoms with Crippen molar-refractivity contribution in [3.63, 3.8) is 0 Å². The summed E-state index contributed by atoms with van der Waals surface area (Å²) in [5.74, 6) is 0.474. The first-order valence-electron chi connectivity index (χ1n) is 7.20. The molecule has 0 spiro atoms. The SMILES string of the molecule is O=C(O)CC1CCC(CNCc2ccccc2)CC1. The van der Waals surface area contributed by atoms with Crippen LogP contribution in [0.2, 0.25) is 0 Å². The Kier molecular flexibility index (Phi) is 5.40. The van der Waals surface area contributed by atoms with Crippen molar-refractivity contribution in [1.82, 2.24) is 5.32 Å². The molecule has 1 aromatic carbocycles. The number of hydrogen-bond donors (Lipinski definition) is 2. The minimum Gasteiger partial charge on any atom is -0.481 e. The maximum absolute atomic E-state index is 10.7. The second-order valence-corrected chi connectivity index (χ2v) is 5.60. The summed E-state index contributed by atoms with van der Waals surface area (Å²) in [6.07, 6.45) is 4.83. The van der Waals surface area contributed by atoms with Crippen LogP contribution in [0.15, 0.2) is 30.3 Å². The fraction of sp³-hybridized carbons (Fsp3) is 0.562. The van der Waals surface area contributed by atoms with E-state index in [-0.39, 0.29) is 0 Å². The van der Waals surface area contributed by atoms with Gasteiger partial charge in [-0.15, -0.1) is 0 Å². The van der Waals surface area contributed by atoms with Crippen LogP contribution in [0.4, 0.5) is 0 Å². The highest BCUT2D eigenvalue weighted by Gasteiger charge is 2.22. The van der Waals surface area contributed by atoms with Crippen molar-refractivity contribution < 1.29 is 9.90 Å². The molecule has 1 aliphatic carbocycles. The number of aliphatic carboxylic acids is 1. The minimum absolute atomic E-state index is 0.351. The zero-order chi connectivity index (χ0) is 13.5. The number of carboxylic acid groups (broad SMARTS) is 1. The number of hydrogen-bond acceptors (Lipinski definition) is 2. The van der Waals surface area contributed by atoms with Gasteiger partial charge in [-0.05, 0) is 49.6 Å². The third-order valence-electron chi connectivity index (χ3n) is 4.03. The van der Waals surface area contributed by atoms with E-state index in [0.29, 0.717) is 18.3 Å². The number of carbonyl (C=O) groups is 1. The van der Waals surface area contributed by atoms with E-state index in [2.05, 4.69) is 29.6 Å². The third kappa shape index (κ3) is 5.03. The molecule has 0 heterocycles. The van der Waals surface area contributed by atoms with Crippen LogP contribution in [0.1, 0.15) is 37.7 Å². The van der Waals surface area contributed by atoms with E-state index in [0.717, 1.165) is 25.9 Å². The van der Waals surface area contributed by atoms with Crippen molar-refractivity contribution in [2.75, 3.05) is 6.54 Å². The van der Waals surface area contributed by atoms with Crippen LogP contribution >= 0.6 is 0 Å². The molecule has 0 aliphatic heterocycles. The maximum atomic E-state index is 10.7. The average molecular weight is 261 g/mol. The van der Waals surface area contributed by atoms with Crippen molar-refractivity contribution in [3.8, 4) is 0 Å². The van der Waals surface area contributed by atoms with Crippen molar-refractivity contribution in [3.05, 3.63) is 35.9 Å². The Morgan fingerprint density at radius 2 is 1.74 bits per heavy atom. The highest BCUT2D eigenvalue weighted by Crippen LogP contribution is 2.30. The molecule has 1 aliphatic rings. The fourth-order valence-corrected chi connectivity index (χ4v) is 2.90. The quantitative estimate of drug-likeness (QED) is 0.827. The Morgan fingerprint density at radius 3 is 2.37 bits per heavy atom. The van der Waals surface area contributed by atoms with Gasteiger partial charge in [0.1, 0.15) is 0 Å². The summed E-state index contributed by atoms with van der Waals surface area (Å²) in [7, 11) is 0. The molecule has 0 amide bonds. The predicted octanol–water partition coefficient (Wildman–Crippen LogP) is 3.06. The molecule has 2 N–H and O–H groups in total. The molecule has 104 valence electrons. The van der Waals surface area contributed by atoms with E-state index < -0.39 is 5.97 Å². The fourth-order valence-electron chi connectivity index (χ4n) is 2.90. The van der Waals surface area contributed by atoms with E-state index in [1.807, 2.05) is 6.07 Å². The normalized spacial score (nSPS) is 23.2. The lowest BCUT2D eigenvalue weighted by atomic mass is 9.80. The van der Waals surface area contributed by atoms with Crippen LogP contribution in [-0.2, 0) is 11.3 Å². The van der Waals surface area contributed by atoms with Crippen LogP contribution < -0.4 is 5.32 Å². The first-order valence-corrected chi connectivity index (χ1v) is 7.20. The number of benzene rings is 1. The smallest absolute Gasteiger partial charge is 0.303 e. The van der Waals surface area contributed by atoms with Crippen LogP contribution in [0.3, 0.4) is 0 Å². The standard InChI is InChI=1S/C16H23NO2/c18-16(19)10-13-6-8-15(9-7-13)12-17-11-14-4-2-1-3-5-14/h1-5,13,15,17H,6-12H2,(H,18,19). The average Bonchev–Trinajstić information content (AvgIpc) is 2.41. The summed E-state index contributed by atoms with van der Waals surface area (Å²) in [4.78, 5) is 10.7. The van der Waals surface area contributed by atoms with E-state index in [4.69, 9.17) is 5.11 Å². The zero-order valence-electron chi connectivity index (χ0n) is 11.3. The molecule has 1 aromatic rings. The second kappa shape index (κ2) is 7.29. The van der Waals surface area contributed by atoms with Gasteiger partial charge in [0.2, 0.25) is 0 Å². The van der Waals surface area contributed by atoms with Gasteiger partial charge in [0.15, 0.2) is 0 Å². The van der Waals surface area contributed by atoms with Crippen molar-refractivity contribution in [1.29, 1.82) is 0 Å². The predicted molar refractivity (Wildman–Crippen MR) is 75.8 cm³/mol. The molecule has 0 atom stereocenters. The first-order chi connectivity index (χ1) is 9.24. The molecule has 0 aromatic heterocycles. The Labute approximate surface area is 115 Å². The number of rotatable bonds is 6. The number of carboxylic acids is 1. The van der Waals surface area contributed by atoms with Crippen LogP contribution in [-0.4, -0.2) is 17.6 Å². The van der Waals surface area contributed by atoms with Crippen LogP contribution in [0.5, 0.6) is 0 Å². The Hall–Kier alpha value is -1.35. The molecule has 3 heteroatoms. The molecule has 1 saturated carbocycles. The van der Waals surface area contributed by atoms with Gasteiger partial charge in [0.05, 0.1) is 0 Å².